The van der Waals surface area contributed by atoms with E-state index in [-0.39, 0.29) is 17.3 Å². The monoisotopic (exact) mass is 252 g/mol. The number of furan rings is 1. The van der Waals surface area contributed by atoms with Crippen LogP contribution in [0.25, 0.3) is 5.57 Å². The van der Waals surface area contributed by atoms with Gasteiger partial charge in [0.05, 0.1) is 5.56 Å². The standard InChI is InChI=1S/C16H12O3/c1-8-11-6-4-5-7-12(11)15(18)16-13(8)14(9(2)17)10(3)19-16/h4-7H,1H2,2-3H3. The van der Waals surface area contributed by atoms with Gasteiger partial charge in [0.25, 0.3) is 0 Å². The molecule has 1 aliphatic carbocycles. The predicted octanol–water partition coefficient (Wildman–Crippen LogP) is 3.40. The van der Waals surface area contributed by atoms with E-state index >= 15 is 0 Å². The molecule has 94 valence electrons. The lowest BCUT2D eigenvalue weighted by Gasteiger charge is -2.17. The summed E-state index contributed by atoms with van der Waals surface area (Å²) in [4.78, 5) is 24.1. The van der Waals surface area contributed by atoms with Crippen molar-refractivity contribution in [3.63, 3.8) is 0 Å². The molecule has 1 aliphatic rings. The van der Waals surface area contributed by atoms with Gasteiger partial charge in [0.2, 0.25) is 5.78 Å². The Hall–Kier alpha value is -2.42. The van der Waals surface area contributed by atoms with Gasteiger partial charge in [-0.15, -0.1) is 0 Å². The summed E-state index contributed by atoms with van der Waals surface area (Å²) in [5, 5.41) is 0. The summed E-state index contributed by atoms with van der Waals surface area (Å²) in [6, 6.07) is 7.24. The number of hydrogen-bond donors (Lipinski definition) is 0. The van der Waals surface area contributed by atoms with Crippen LogP contribution >= 0.6 is 0 Å². The van der Waals surface area contributed by atoms with E-state index in [1.165, 1.54) is 6.92 Å². The van der Waals surface area contributed by atoms with E-state index in [0.29, 0.717) is 28.0 Å². The van der Waals surface area contributed by atoms with E-state index in [4.69, 9.17) is 4.42 Å². The average Bonchev–Trinajstić information content (AvgIpc) is 2.74. The van der Waals surface area contributed by atoms with Gasteiger partial charge in [-0.2, -0.15) is 0 Å². The second-order valence-electron chi connectivity index (χ2n) is 4.65. The van der Waals surface area contributed by atoms with Crippen LogP contribution in [0.1, 0.15) is 50.3 Å². The van der Waals surface area contributed by atoms with Crippen LogP contribution in [0.15, 0.2) is 35.3 Å². The molecule has 0 atom stereocenters. The Kier molecular flexibility index (Phi) is 2.32. The molecule has 0 fully saturated rings. The van der Waals surface area contributed by atoms with Crippen LogP contribution in [0.2, 0.25) is 0 Å². The molecule has 19 heavy (non-hydrogen) atoms. The first-order valence-corrected chi connectivity index (χ1v) is 6.00. The van der Waals surface area contributed by atoms with Crippen molar-refractivity contribution in [2.45, 2.75) is 13.8 Å². The Balaban J connectivity index is 2.37. The molecule has 1 aromatic carbocycles. The van der Waals surface area contributed by atoms with Crippen molar-refractivity contribution < 1.29 is 14.0 Å². The van der Waals surface area contributed by atoms with E-state index in [1.54, 1.807) is 19.1 Å². The minimum absolute atomic E-state index is 0.115. The molecule has 3 heteroatoms. The fourth-order valence-electron chi connectivity index (χ4n) is 2.62. The number of fused-ring (bicyclic) bond motifs is 2. The van der Waals surface area contributed by atoms with Gasteiger partial charge >= 0.3 is 0 Å². The summed E-state index contributed by atoms with van der Waals surface area (Å²) in [6.07, 6.45) is 0. The smallest absolute Gasteiger partial charge is 0.229 e. The second kappa shape index (κ2) is 3.79. The Labute approximate surface area is 110 Å². The van der Waals surface area contributed by atoms with Crippen LogP contribution < -0.4 is 0 Å². The molecule has 1 heterocycles. The number of carbonyl (C=O) groups is 2. The molecule has 2 aromatic rings. The van der Waals surface area contributed by atoms with Crippen LogP contribution in [0.4, 0.5) is 0 Å². The van der Waals surface area contributed by atoms with E-state index in [0.717, 1.165) is 5.56 Å². The maximum atomic E-state index is 12.4. The maximum Gasteiger partial charge on any atom is 0.229 e. The minimum atomic E-state index is -0.186. The zero-order valence-electron chi connectivity index (χ0n) is 10.7. The molecule has 0 bridgehead atoms. The number of ketones is 2. The molecule has 0 N–H and O–H groups in total. The van der Waals surface area contributed by atoms with Gasteiger partial charge in [0.1, 0.15) is 5.76 Å². The average molecular weight is 252 g/mol. The molecule has 0 spiro atoms. The van der Waals surface area contributed by atoms with E-state index in [9.17, 15) is 9.59 Å². The molecule has 0 aliphatic heterocycles. The van der Waals surface area contributed by atoms with Crippen molar-refractivity contribution in [2.75, 3.05) is 0 Å². The van der Waals surface area contributed by atoms with Crippen molar-refractivity contribution in [1.82, 2.24) is 0 Å². The summed E-state index contributed by atoms with van der Waals surface area (Å²) in [5.74, 6) is 0.399. The summed E-state index contributed by atoms with van der Waals surface area (Å²) < 4.78 is 5.51. The van der Waals surface area contributed by atoms with E-state index in [2.05, 4.69) is 6.58 Å². The van der Waals surface area contributed by atoms with Gasteiger partial charge in [-0.25, -0.2) is 0 Å². The Morgan fingerprint density at radius 2 is 1.84 bits per heavy atom. The fraction of sp³-hybridized carbons (Fsp3) is 0.125. The van der Waals surface area contributed by atoms with Crippen molar-refractivity contribution in [3.8, 4) is 0 Å². The highest BCUT2D eigenvalue weighted by atomic mass is 16.3. The highest BCUT2D eigenvalue weighted by molar-refractivity contribution is 6.19. The fourth-order valence-corrected chi connectivity index (χ4v) is 2.62. The first kappa shape index (κ1) is 11.7. The molecule has 3 rings (SSSR count). The topological polar surface area (TPSA) is 47.3 Å². The van der Waals surface area contributed by atoms with E-state index in [1.807, 2.05) is 12.1 Å². The maximum absolute atomic E-state index is 12.4. The Morgan fingerprint density at radius 1 is 1.21 bits per heavy atom. The highest BCUT2D eigenvalue weighted by Crippen LogP contribution is 2.39. The van der Waals surface area contributed by atoms with Crippen LogP contribution in [0.3, 0.4) is 0 Å². The second-order valence-corrected chi connectivity index (χ2v) is 4.65. The summed E-state index contributed by atoms with van der Waals surface area (Å²) >= 11 is 0. The third-order valence-electron chi connectivity index (χ3n) is 3.44. The first-order chi connectivity index (χ1) is 9.02. The molecule has 1 aromatic heterocycles. The van der Waals surface area contributed by atoms with Gasteiger partial charge in [0.15, 0.2) is 11.5 Å². The Morgan fingerprint density at radius 3 is 2.47 bits per heavy atom. The lowest BCUT2D eigenvalue weighted by Crippen LogP contribution is -2.13. The SMILES string of the molecule is C=C1c2ccccc2C(=O)c2oc(C)c(C(C)=O)c21. The zero-order valence-corrected chi connectivity index (χ0v) is 10.7. The van der Waals surface area contributed by atoms with Gasteiger partial charge in [-0.1, -0.05) is 30.8 Å². The van der Waals surface area contributed by atoms with Crippen molar-refractivity contribution in [1.29, 1.82) is 0 Å². The van der Waals surface area contributed by atoms with E-state index < -0.39 is 0 Å². The van der Waals surface area contributed by atoms with Gasteiger partial charge in [-0.3, -0.25) is 9.59 Å². The van der Waals surface area contributed by atoms with Gasteiger partial charge in [0, 0.05) is 11.1 Å². The largest absolute Gasteiger partial charge is 0.456 e. The third-order valence-corrected chi connectivity index (χ3v) is 3.44. The molecule has 0 saturated heterocycles. The van der Waals surface area contributed by atoms with Crippen LogP contribution in [-0.2, 0) is 0 Å². The molecule has 0 saturated carbocycles. The number of hydrogen-bond acceptors (Lipinski definition) is 3. The van der Waals surface area contributed by atoms with Crippen LogP contribution in [0, 0.1) is 6.92 Å². The number of benzene rings is 1. The van der Waals surface area contributed by atoms with Crippen molar-refractivity contribution in [3.05, 3.63) is 64.6 Å². The summed E-state index contributed by atoms with van der Waals surface area (Å²) in [7, 11) is 0. The molecule has 0 radical (unpaired) electrons. The Bertz CT molecular complexity index is 747. The molecular formula is C16H12O3. The quantitative estimate of drug-likeness (QED) is 0.623. The molecule has 0 unspecified atom stereocenters. The van der Waals surface area contributed by atoms with Crippen molar-refractivity contribution >= 4 is 17.1 Å². The minimum Gasteiger partial charge on any atom is -0.456 e. The highest BCUT2D eigenvalue weighted by Gasteiger charge is 2.33. The lowest BCUT2D eigenvalue weighted by atomic mass is 9.83. The van der Waals surface area contributed by atoms with Gasteiger partial charge in [-0.05, 0) is 25.0 Å². The number of Topliss-reactive ketones (excluding diaryl/α,β-unsaturated/α-hetero) is 1. The van der Waals surface area contributed by atoms with Crippen LogP contribution in [0.5, 0.6) is 0 Å². The van der Waals surface area contributed by atoms with Crippen LogP contribution in [-0.4, -0.2) is 11.6 Å². The third kappa shape index (κ3) is 1.45. The molecule has 3 nitrogen and oxygen atoms in total. The lowest BCUT2D eigenvalue weighted by molar-refractivity contribution is 0.1000. The normalized spacial score (nSPS) is 13.2. The number of aryl methyl sites for hydroxylation is 1. The van der Waals surface area contributed by atoms with Gasteiger partial charge < -0.3 is 4.42 Å². The molecule has 0 amide bonds. The first-order valence-electron chi connectivity index (χ1n) is 6.00. The zero-order chi connectivity index (χ0) is 13.7. The number of carbonyl (C=O) groups excluding carboxylic acids is 2. The predicted molar refractivity (Wildman–Crippen MR) is 71.5 cm³/mol. The summed E-state index contributed by atoms with van der Waals surface area (Å²) in [5.41, 5.74) is 3.02. The number of rotatable bonds is 1. The summed E-state index contributed by atoms with van der Waals surface area (Å²) in [6.45, 7) is 7.19. The van der Waals surface area contributed by atoms with Crippen molar-refractivity contribution in [2.24, 2.45) is 0 Å². The molecular weight excluding hydrogens is 240 g/mol.